The van der Waals surface area contributed by atoms with Gasteiger partial charge in [-0.25, -0.2) is 9.97 Å². The Morgan fingerprint density at radius 2 is 1.91 bits per heavy atom. The summed E-state index contributed by atoms with van der Waals surface area (Å²) in [4.78, 5) is 22.3. The van der Waals surface area contributed by atoms with E-state index in [0.29, 0.717) is 5.56 Å². The van der Waals surface area contributed by atoms with Crippen LogP contribution in [0.3, 0.4) is 0 Å². The summed E-state index contributed by atoms with van der Waals surface area (Å²) >= 11 is 1.66. The summed E-state index contributed by atoms with van der Waals surface area (Å²) < 4.78 is 0. The van der Waals surface area contributed by atoms with Crippen LogP contribution in [0.4, 0.5) is 0 Å². The summed E-state index contributed by atoms with van der Waals surface area (Å²) in [6.45, 7) is 0. The number of rotatable bonds is 4. The number of carbonyl (C=O) groups is 1. The summed E-state index contributed by atoms with van der Waals surface area (Å²) in [6, 6.07) is 15.7. The quantitative estimate of drug-likeness (QED) is 0.543. The number of thioether (sulfide) groups is 1. The first-order valence-electron chi connectivity index (χ1n) is 7.28. The molecule has 0 radical (unpaired) electrons. The smallest absolute Gasteiger partial charge is 0.253 e. The Hall–Kier alpha value is -2.40. The normalized spacial score (nSPS) is 10.7. The summed E-state index contributed by atoms with van der Waals surface area (Å²) in [5.41, 5.74) is 2.76. The van der Waals surface area contributed by atoms with Crippen LogP contribution in [-0.4, -0.2) is 34.9 Å². The van der Waals surface area contributed by atoms with Gasteiger partial charge in [-0.2, -0.15) is 0 Å². The number of amides is 1. The van der Waals surface area contributed by atoms with Gasteiger partial charge in [0.05, 0.1) is 5.52 Å². The molecular formula is C18H17N3OS. The Bertz CT molecular complexity index is 843. The Balaban J connectivity index is 1.80. The molecule has 0 aliphatic rings. The zero-order valence-electron chi connectivity index (χ0n) is 13.1. The molecule has 0 aliphatic heterocycles. The van der Waals surface area contributed by atoms with Gasteiger partial charge < -0.3 is 4.90 Å². The Morgan fingerprint density at radius 1 is 1.09 bits per heavy atom. The van der Waals surface area contributed by atoms with Crippen molar-refractivity contribution in [2.45, 2.75) is 10.8 Å². The lowest BCUT2D eigenvalue weighted by Gasteiger charge is -2.11. The minimum atomic E-state index is 0.0179. The molecule has 2 aromatic carbocycles. The molecule has 5 heteroatoms. The summed E-state index contributed by atoms with van der Waals surface area (Å²) in [7, 11) is 3.52. The predicted molar refractivity (Wildman–Crippen MR) is 93.6 cm³/mol. The van der Waals surface area contributed by atoms with E-state index in [2.05, 4.69) is 9.97 Å². The van der Waals surface area contributed by atoms with Crippen LogP contribution in [0.25, 0.3) is 10.9 Å². The Morgan fingerprint density at radius 3 is 2.74 bits per heavy atom. The molecule has 1 aromatic heterocycles. The second kappa shape index (κ2) is 6.79. The van der Waals surface area contributed by atoms with E-state index >= 15 is 0 Å². The first-order chi connectivity index (χ1) is 11.1. The maximum absolute atomic E-state index is 12.0. The molecule has 23 heavy (non-hydrogen) atoms. The highest BCUT2D eigenvalue weighted by Crippen LogP contribution is 2.27. The van der Waals surface area contributed by atoms with E-state index in [4.69, 9.17) is 0 Å². The van der Waals surface area contributed by atoms with Crippen molar-refractivity contribution in [3.05, 3.63) is 66.0 Å². The molecule has 3 aromatic rings. The van der Waals surface area contributed by atoms with Gasteiger partial charge in [0.15, 0.2) is 0 Å². The first-order valence-corrected chi connectivity index (χ1v) is 8.27. The fourth-order valence-electron chi connectivity index (χ4n) is 2.30. The number of benzene rings is 2. The van der Waals surface area contributed by atoms with E-state index in [-0.39, 0.29) is 5.91 Å². The predicted octanol–water partition coefficient (Wildman–Crippen LogP) is 3.62. The standard InChI is InChI=1S/C18H17N3OS/c1-21(2)18(22)14-7-5-6-13(10-14)11-23-17-15-8-3-4-9-16(15)19-12-20-17/h3-10,12H,11H2,1-2H3. The minimum absolute atomic E-state index is 0.0179. The summed E-state index contributed by atoms with van der Waals surface area (Å²) in [5.74, 6) is 0.777. The molecule has 116 valence electrons. The van der Waals surface area contributed by atoms with E-state index in [1.165, 1.54) is 0 Å². The number of hydrogen-bond donors (Lipinski definition) is 0. The van der Waals surface area contributed by atoms with Crippen molar-refractivity contribution in [2.75, 3.05) is 14.1 Å². The molecule has 0 spiro atoms. The molecule has 1 heterocycles. The topological polar surface area (TPSA) is 46.1 Å². The third kappa shape index (κ3) is 3.51. The lowest BCUT2D eigenvalue weighted by molar-refractivity contribution is 0.0827. The zero-order valence-corrected chi connectivity index (χ0v) is 13.9. The fraction of sp³-hybridized carbons (Fsp3) is 0.167. The maximum Gasteiger partial charge on any atom is 0.253 e. The van der Waals surface area contributed by atoms with Crippen molar-refractivity contribution in [3.63, 3.8) is 0 Å². The van der Waals surface area contributed by atoms with Crippen LogP contribution < -0.4 is 0 Å². The second-order valence-corrected chi connectivity index (χ2v) is 6.35. The molecule has 0 aliphatic carbocycles. The van der Waals surface area contributed by atoms with E-state index in [0.717, 1.165) is 27.2 Å². The van der Waals surface area contributed by atoms with Crippen LogP contribution in [0.15, 0.2) is 59.9 Å². The van der Waals surface area contributed by atoms with Crippen LogP contribution >= 0.6 is 11.8 Å². The molecule has 0 N–H and O–H groups in total. The van der Waals surface area contributed by atoms with Gasteiger partial charge in [0.2, 0.25) is 0 Å². The average Bonchev–Trinajstić information content (AvgIpc) is 2.59. The SMILES string of the molecule is CN(C)C(=O)c1cccc(CSc2ncnc3ccccc23)c1. The van der Waals surface area contributed by atoms with Crippen molar-refractivity contribution in [1.82, 2.24) is 14.9 Å². The van der Waals surface area contributed by atoms with Crippen LogP contribution in [0.2, 0.25) is 0 Å². The van der Waals surface area contributed by atoms with E-state index in [1.807, 2.05) is 48.5 Å². The highest BCUT2D eigenvalue weighted by molar-refractivity contribution is 7.98. The maximum atomic E-state index is 12.0. The van der Waals surface area contributed by atoms with Gasteiger partial charge in [-0.1, -0.05) is 30.3 Å². The van der Waals surface area contributed by atoms with Crippen LogP contribution in [-0.2, 0) is 5.75 Å². The molecule has 0 bridgehead atoms. The van der Waals surface area contributed by atoms with E-state index < -0.39 is 0 Å². The van der Waals surface area contributed by atoms with Crippen LogP contribution in [0.5, 0.6) is 0 Å². The molecule has 1 amide bonds. The number of aromatic nitrogens is 2. The van der Waals surface area contributed by atoms with Gasteiger partial charge in [0.1, 0.15) is 11.4 Å². The molecule has 3 rings (SSSR count). The number of para-hydroxylation sites is 1. The zero-order chi connectivity index (χ0) is 16.2. The van der Waals surface area contributed by atoms with Gasteiger partial charge in [0.25, 0.3) is 5.91 Å². The lowest BCUT2D eigenvalue weighted by atomic mass is 10.1. The Kier molecular flexibility index (Phi) is 4.57. The van der Waals surface area contributed by atoms with Gasteiger partial charge in [-0.3, -0.25) is 4.79 Å². The van der Waals surface area contributed by atoms with Crippen molar-refractivity contribution in [2.24, 2.45) is 0 Å². The molecule has 0 fully saturated rings. The third-order valence-electron chi connectivity index (χ3n) is 3.46. The number of nitrogens with zero attached hydrogens (tertiary/aromatic N) is 3. The molecule has 0 unspecified atom stereocenters. The Labute approximate surface area is 139 Å². The number of fused-ring (bicyclic) bond motifs is 1. The summed E-state index contributed by atoms with van der Waals surface area (Å²) in [5, 5.41) is 2.01. The van der Waals surface area contributed by atoms with Crippen molar-refractivity contribution in [1.29, 1.82) is 0 Å². The van der Waals surface area contributed by atoms with Crippen LogP contribution in [0, 0.1) is 0 Å². The van der Waals surface area contributed by atoms with Gasteiger partial charge in [-0.05, 0) is 23.8 Å². The second-order valence-electron chi connectivity index (χ2n) is 5.38. The molecule has 0 atom stereocenters. The molecule has 0 saturated heterocycles. The van der Waals surface area contributed by atoms with Crippen LogP contribution in [0.1, 0.15) is 15.9 Å². The van der Waals surface area contributed by atoms with Crippen molar-refractivity contribution >= 4 is 28.6 Å². The van der Waals surface area contributed by atoms with Gasteiger partial charge in [0, 0.05) is 30.8 Å². The highest BCUT2D eigenvalue weighted by Gasteiger charge is 2.09. The molecule has 0 saturated carbocycles. The van der Waals surface area contributed by atoms with E-state index in [9.17, 15) is 4.79 Å². The largest absolute Gasteiger partial charge is 0.345 e. The highest BCUT2D eigenvalue weighted by atomic mass is 32.2. The summed E-state index contributed by atoms with van der Waals surface area (Å²) in [6.07, 6.45) is 1.59. The van der Waals surface area contributed by atoms with Gasteiger partial charge in [-0.15, -0.1) is 11.8 Å². The first kappa shape index (κ1) is 15.5. The molecule has 4 nitrogen and oxygen atoms in total. The fourth-order valence-corrected chi connectivity index (χ4v) is 3.23. The monoisotopic (exact) mass is 323 g/mol. The van der Waals surface area contributed by atoms with Gasteiger partial charge >= 0.3 is 0 Å². The van der Waals surface area contributed by atoms with Crippen molar-refractivity contribution < 1.29 is 4.79 Å². The number of carbonyl (C=O) groups excluding carboxylic acids is 1. The minimum Gasteiger partial charge on any atom is -0.345 e. The number of hydrogen-bond acceptors (Lipinski definition) is 4. The third-order valence-corrected chi connectivity index (χ3v) is 4.54. The van der Waals surface area contributed by atoms with E-state index in [1.54, 1.807) is 37.1 Å². The average molecular weight is 323 g/mol. The lowest BCUT2D eigenvalue weighted by Crippen LogP contribution is -2.21. The van der Waals surface area contributed by atoms with Crippen molar-refractivity contribution in [3.8, 4) is 0 Å². The molecular weight excluding hydrogens is 306 g/mol.